The molecule has 0 saturated heterocycles. The molecule has 124 valence electrons. The van der Waals surface area contributed by atoms with Crippen LogP contribution < -0.4 is 5.32 Å². The maximum Gasteiger partial charge on any atom is 0.272 e. The predicted octanol–water partition coefficient (Wildman–Crippen LogP) is 4.41. The van der Waals surface area contributed by atoms with Crippen LogP contribution >= 0.6 is 0 Å². The summed E-state index contributed by atoms with van der Waals surface area (Å²) in [5.74, 6) is -0.267. The van der Waals surface area contributed by atoms with Crippen molar-refractivity contribution in [2.45, 2.75) is 19.8 Å². The quantitative estimate of drug-likeness (QED) is 0.570. The predicted molar refractivity (Wildman–Crippen MR) is 97.1 cm³/mol. The third-order valence-electron chi connectivity index (χ3n) is 4.78. The lowest BCUT2D eigenvalue weighted by Gasteiger charge is -2.11. The number of amides is 1. The smallest absolute Gasteiger partial charge is 0.272 e. The second kappa shape index (κ2) is 5.70. The number of hydrogen-bond acceptors (Lipinski definition) is 3. The van der Waals surface area contributed by atoms with Crippen molar-refractivity contribution in [2.75, 3.05) is 5.32 Å². The van der Waals surface area contributed by atoms with E-state index in [0.717, 1.165) is 23.9 Å². The fourth-order valence-electron chi connectivity index (χ4n) is 3.55. The third kappa shape index (κ3) is 2.54. The van der Waals surface area contributed by atoms with Crippen LogP contribution in [-0.2, 0) is 12.8 Å². The molecule has 0 aromatic heterocycles. The lowest BCUT2D eigenvalue weighted by molar-refractivity contribution is -0.385. The van der Waals surface area contributed by atoms with E-state index in [4.69, 9.17) is 0 Å². The molecule has 0 fully saturated rings. The van der Waals surface area contributed by atoms with E-state index in [2.05, 4.69) is 17.4 Å². The highest BCUT2D eigenvalue weighted by Crippen LogP contribution is 2.35. The molecule has 0 unspecified atom stereocenters. The van der Waals surface area contributed by atoms with Crippen LogP contribution in [0, 0.1) is 17.0 Å². The summed E-state index contributed by atoms with van der Waals surface area (Å²) in [6.07, 6.45) is 2.07. The number of carbonyl (C=O) groups excluding carboxylic acids is 1. The lowest BCUT2D eigenvalue weighted by Crippen LogP contribution is -2.12. The molecule has 1 aliphatic carbocycles. The lowest BCUT2D eigenvalue weighted by atomic mass is 10.0. The van der Waals surface area contributed by atoms with Gasteiger partial charge >= 0.3 is 0 Å². The zero-order valence-electron chi connectivity index (χ0n) is 13.7. The fourth-order valence-corrected chi connectivity index (χ4v) is 3.55. The average Bonchev–Trinajstić information content (AvgIpc) is 3.01. The molecule has 0 spiro atoms. The largest absolute Gasteiger partial charge is 0.321 e. The van der Waals surface area contributed by atoms with Gasteiger partial charge in [0.25, 0.3) is 11.6 Å². The number of anilines is 1. The molecule has 25 heavy (non-hydrogen) atoms. The van der Waals surface area contributed by atoms with Gasteiger partial charge in [-0.2, -0.15) is 0 Å². The van der Waals surface area contributed by atoms with Gasteiger partial charge in [-0.25, -0.2) is 0 Å². The molecule has 3 aromatic rings. The van der Waals surface area contributed by atoms with Gasteiger partial charge in [0.1, 0.15) is 0 Å². The van der Waals surface area contributed by atoms with E-state index in [1.807, 2.05) is 18.2 Å². The van der Waals surface area contributed by atoms with Crippen molar-refractivity contribution in [1.82, 2.24) is 0 Å². The number of nitro groups is 1. The number of benzene rings is 3. The van der Waals surface area contributed by atoms with Crippen LogP contribution in [0.15, 0.2) is 48.5 Å². The summed E-state index contributed by atoms with van der Waals surface area (Å²) in [5, 5.41) is 16.1. The molecule has 5 heteroatoms. The van der Waals surface area contributed by atoms with Crippen LogP contribution in [0.25, 0.3) is 10.8 Å². The molecule has 1 aliphatic rings. The topological polar surface area (TPSA) is 72.2 Å². The van der Waals surface area contributed by atoms with Gasteiger partial charge in [-0.1, -0.05) is 24.3 Å². The Morgan fingerprint density at radius 3 is 2.56 bits per heavy atom. The summed E-state index contributed by atoms with van der Waals surface area (Å²) >= 11 is 0. The van der Waals surface area contributed by atoms with Crippen LogP contribution in [0.5, 0.6) is 0 Å². The van der Waals surface area contributed by atoms with E-state index >= 15 is 0 Å². The second-order valence-corrected chi connectivity index (χ2v) is 6.32. The summed E-state index contributed by atoms with van der Waals surface area (Å²) in [4.78, 5) is 23.1. The summed E-state index contributed by atoms with van der Waals surface area (Å²) < 4.78 is 0. The molecule has 0 bridgehead atoms. The molecule has 0 heterocycles. The van der Waals surface area contributed by atoms with Crippen molar-refractivity contribution in [3.63, 3.8) is 0 Å². The van der Waals surface area contributed by atoms with Gasteiger partial charge in [0.05, 0.1) is 4.92 Å². The average molecular weight is 332 g/mol. The van der Waals surface area contributed by atoms with Crippen molar-refractivity contribution in [3.05, 3.63) is 80.9 Å². The Labute approximate surface area is 144 Å². The molecule has 0 atom stereocenters. The van der Waals surface area contributed by atoms with Gasteiger partial charge in [0.2, 0.25) is 0 Å². The van der Waals surface area contributed by atoms with Crippen LogP contribution in [0.3, 0.4) is 0 Å². The highest BCUT2D eigenvalue weighted by atomic mass is 16.6. The van der Waals surface area contributed by atoms with E-state index in [-0.39, 0.29) is 11.6 Å². The van der Waals surface area contributed by atoms with Crippen molar-refractivity contribution >= 4 is 28.1 Å². The number of hydrogen-bond donors (Lipinski definition) is 1. The first-order valence-corrected chi connectivity index (χ1v) is 8.14. The zero-order chi connectivity index (χ0) is 17.6. The standard InChI is InChI=1S/C20H16N2O3/c1-12-11-15(8-10-18(12)22(24)25)20(23)21-17-9-7-14-6-5-13-3-2-4-16(17)19(13)14/h2-4,7-11H,5-6H2,1H3,(H,21,23). The number of aryl methyl sites for hydroxylation is 3. The molecular formula is C20H16N2O3. The summed E-state index contributed by atoms with van der Waals surface area (Å²) in [6.45, 7) is 1.63. The SMILES string of the molecule is Cc1cc(C(=O)Nc2ccc3c4c(cccc24)CC3)ccc1[N+](=O)[O-]. The molecule has 0 aliphatic heterocycles. The van der Waals surface area contributed by atoms with Gasteiger partial charge in [0.15, 0.2) is 0 Å². The number of carbonyl (C=O) groups is 1. The fraction of sp³-hybridized carbons (Fsp3) is 0.150. The van der Waals surface area contributed by atoms with Crippen molar-refractivity contribution in [2.24, 2.45) is 0 Å². The minimum atomic E-state index is -0.444. The number of nitrogens with zero attached hydrogens (tertiary/aromatic N) is 1. The van der Waals surface area contributed by atoms with Gasteiger partial charge < -0.3 is 5.32 Å². The first-order chi connectivity index (χ1) is 12.0. The Morgan fingerprint density at radius 1 is 1.08 bits per heavy atom. The minimum Gasteiger partial charge on any atom is -0.321 e. The van der Waals surface area contributed by atoms with Crippen LogP contribution in [0.4, 0.5) is 11.4 Å². The van der Waals surface area contributed by atoms with E-state index in [1.54, 1.807) is 13.0 Å². The second-order valence-electron chi connectivity index (χ2n) is 6.32. The Hall–Kier alpha value is -3.21. The molecule has 1 N–H and O–H groups in total. The van der Waals surface area contributed by atoms with Crippen molar-refractivity contribution < 1.29 is 9.72 Å². The molecule has 4 rings (SSSR count). The van der Waals surface area contributed by atoms with Crippen LogP contribution in [-0.4, -0.2) is 10.8 Å². The molecular weight excluding hydrogens is 316 g/mol. The Bertz CT molecular complexity index is 1030. The molecule has 0 saturated carbocycles. The van der Waals surface area contributed by atoms with E-state index in [0.29, 0.717) is 11.1 Å². The highest BCUT2D eigenvalue weighted by Gasteiger charge is 2.18. The number of rotatable bonds is 3. The molecule has 0 radical (unpaired) electrons. The molecule has 1 amide bonds. The van der Waals surface area contributed by atoms with Gasteiger partial charge in [-0.05, 0) is 54.5 Å². The zero-order valence-corrected chi connectivity index (χ0v) is 13.7. The van der Waals surface area contributed by atoms with Gasteiger partial charge in [0, 0.05) is 28.3 Å². The number of nitro benzene ring substituents is 1. The summed E-state index contributed by atoms with van der Waals surface area (Å²) in [7, 11) is 0. The first-order valence-electron chi connectivity index (χ1n) is 8.14. The Kier molecular flexibility index (Phi) is 3.50. The summed E-state index contributed by atoms with van der Waals surface area (Å²) in [5.41, 5.74) is 4.29. The summed E-state index contributed by atoms with van der Waals surface area (Å²) in [6, 6.07) is 14.6. The first kappa shape index (κ1) is 15.3. The van der Waals surface area contributed by atoms with Crippen molar-refractivity contribution in [1.29, 1.82) is 0 Å². The van der Waals surface area contributed by atoms with E-state index in [1.165, 1.54) is 28.6 Å². The molecule has 5 nitrogen and oxygen atoms in total. The van der Waals surface area contributed by atoms with E-state index in [9.17, 15) is 14.9 Å². The Balaban J connectivity index is 1.69. The highest BCUT2D eigenvalue weighted by molar-refractivity contribution is 6.10. The minimum absolute atomic E-state index is 0.0156. The van der Waals surface area contributed by atoms with Gasteiger partial charge in [-0.15, -0.1) is 0 Å². The van der Waals surface area contributed by atoms with Gasteiger partial charge in [-0.3, -0.25) is 14.9 Å². The number of nitrogens with one attached hydrogen (secondary N) is 1. The van der Waals surface area contributed by atoms with E-state index < -0.39 is 4.92 Å². The monoisotopic (exact) mass is 332 g/mol. The normalized spacial score (nSPS) is 12.4. The van der Waals surface area contributed by atoms with Crippen LogP contribution in [0.2, 0.25) is 0 Å². The maximum atomic E-state index is 12.6. The molecule has 3 aromatic carbocycles. The van der Waals surface area contributed by atoms with Crippen LogP contribution in [0.1, 0.15) is 27.0 Å². The maximum absolute atomic E-state index is 12.6. The van der Waals surface area contributed by atoms with Crippen molar-refractivity contribution in [3.8, 4) is 0 Å². The third-order valence-corrected chi connectivity index (χ3v) is 4.78. The Morgan fingerprint density at radius 2 is 1.84 bits per heavy atom.